The lowest BCUT2D eigenvalue weighted by Gasteiger charge is -2.30. The highest BCUT2D eigenvalue weighted by atomic mass is 14.3. The average molecular weight is 753 g/mol. The first-order chi connectivity index (χ1) is 26.1. The molecule has 1 aliphatic carbocycles. The average Bonchev–Trinajstić information content (AvgIpc) is 3.07. The zero-order valence-corrected chi connectivity index (χ0v) is 39.1. The van der Waals surface area contributed by atoms with Crippen molar-refractivity contribution in [2.75, 3.05) is 0 Å². The van der Waals surface area contributed by atoms with Gasteiger partial charge in [-0.25, -0.2) is 0 Å². The third kappa shape index (κ3) is 9.93. The zero-order chi connectivity index (χ0) is 41.4. The minimum atomic E-state index is 0.0631. The second kappa shape index (κ2) is 17.0. The van der Waals surface area contributed by atoms with Gasteiger partial charge in [0.25, 0.3) is 0 Å². The second-order valence-corrected chi connectivity index (χ2v) is 21.8. The Hall–Kier alpha value is -3.12. The molecule has 56 heavy (non-hydrogen) atoms. The van der Waals surface area contributed by atoms with Crippen molar-refractivity contribution in [3.63, 3.8) is 0 Å². The molecule has 5 rings (SSSR count). The summed E-state index contributed by atoms with van der Waals surface area (Å²) in [4.78, 5) is 0. The SMILES string of the molecule is CCCc1c2cc(C(C)(C)C)cc1Cc1cc(C(C)(C)C)cc(c1CCC)Cc1cc(C(C)(C)C)cc(c1CCC)Cc1cc(C(C)(C)C)cc(c1CCC)C2. The molecule has 4 aromatic carbocycles. The molecule has 0 amide bonds. The van der Waals surface area contributed by atoms with Crippen LogP contribution in [0.5, 0.6) is 0 Å². The Morgan fingerprint density at radius 1 is 0.286 bits per heavy atom. The van der Waals surface area contributed by atoms with Crippen molar-refractivity contribution in [2.24, 2.45) is 0 Å². The van der Waals surface area contributed by atoms with Gasteiger partial charge in [0.05, 0.1) is 0 Å². The van der Waals surface area contributed by atoms with Crippen molar-refractivity contribution >= 4 is 0 Å². The summed E-state index contributed by atoms with van der Waals surface area (Å²) < 4.78 is 0. The van der Waals surface area contributed by atoms with Crippen LogP contribution in [0.1, 0.15) is 225 Å². The number of hydrogen-bond donors (Lipinski definition) is 0. The molecular weight excluding hydrogens is 673 g/mol. The van der Waals surface area contributed by atoms with E-state index in [0.29, 0.717) is 0 Å². The van der Waals surface area contributed by atoms with Crippen molar-refractivity contribution in [3.8, 4) is 0 Å². The Balaban J connectivity index is 2.01. The molecule has 4 aromatic rings. The minimum absolute atomic E-state index is 0.0631. The van der Waals surface area contributed by atoms with Crippen LogP contribution in [0, 0.1) is 0 Å². The lowest BCUT2D eigenvalue weighted by Crippen LogP contribution is -2.19. The third-order valence-electron chi connectivity index (χ3n) is 12.7. The van der Waals surface area contributed by atoms with Crippen LogP contribution >= 0.6 is 0 Å². The van der Waals surface area contributed by atoms with Gasteiger partial charge in [-0.2, -0.15) is 0 Å². The lowest BCUT2D eigenvalue weighted by molar-refractivity contribution is 0.586. The van der Waals surface area contributed by atoms with E-state index < -0.39 is 0 Å². The lowest BCUT2D eigenvalue weighted by atomic mass is 9.75. The molecule has 0 N–H and O–H groups in total. The number of benzene rings is 4. The highest BCUT2D eigenvalue weighted by Gasteiger charge is 2.27. The van der Waals surface area contributed by atoms with Gasteiger partial charge in [-0.1, -0.05) is 185 Å². The molecule has 1 aliphatic rings. The van der Waals surface area contributed by atoms with E-state index in [1.807, 2.05) is 0 Å². The maximum Gasteiger partial charge on any atom is -0.00199 e. The van der Waals surface area contributed by atoms with Crippen LogP contribution in [0.25, 0.3) is 0 Å². The molecule has 0 nitrogen and oxygen atoms in total. The minimum Gasteiger partial charge on any atom is -0.0651 e. The standard InChI is InChI=1S/C56H80/c1-17-21-49-37-25-39-31-46(54(8,9)10)33-41(50(39)22-18-2)27-43-35-48(56(14,15)16)36-44(52(43)24-20-4)28-42-34-47(55(11,12)13)32-40(51(42)23-19-3)26-38(49)30-45(29-37)53(5,6)7/h29-36H,17-28H2,1-16H3. The van der Waals surface area contributed by atoms with Gasteiger partial charge in [-0.15, -0.1) is 0 Å². The monoisotopic (exact) mass is 753 g/mol. The largest absolute Gasteiger partial charge is 0.0651 e. The molecule has 0 saturated carbocycles. The summed E-state index contributed by atoms with van der Waals surface area (Å²) in [6, 6.07) is 21.0. The number of hydrogen-bond acceptors (Lipinski definition) is 0. The van der Waals surface area contributed by atoms with Crippen molar-refractivity contribution in [3.05, 3.63) is 138 Å². The molecule has 0 heteroatoms. The quantitative estimate of drug-likeness (QED) is 0.148. The van der Waals surface area contributed by atoms with Crippen molar-refractivity contribution in [1.82, 2.24) is 0 Å². The van der Waals surface area contributed by atoms with Gasteiger partial charge in [-0.3, -0.25) is 0 Å². The molecule has 0 atom stereocenters. The van der Waals surface area contributed by atoms with E-state index in [1.165, 1.54) is 22.3 Å². The maximum absolute atomic E-state index is 2.62. The van der Waals surface area contributed by atoms with E-state index >= 15 is 0 Å². The normalized spacial score (nSPS) is 14.0. The third-order valence-corrected chi connectivity index (χ3v) is 12.7. The molecule has 0 radical (unpaired) electrons. The topological polar surface area (TPSA) is 0 Å². The second-order valence-electron chi connectivity index (χ2n) is 21.8. The molecular formula is C56H80. The molecule has 0 aromatic heterocycles. The smallest absolute Gasteiger partial charge is 0.00199 e. The fourth-order valence-corrected chi connectivity index (χ4v) is 9.29. The molecule has 0 heterocycles. The van der Waals surface area contributed by atoms with Crippen LogP contribution in [-0.4, -0.2) is 0 Å². The van der Waals surface area contributed by atoms with Crippen LogP contribution in [-0.2, 0) is 73.0 Å². The predicted octanol–water partition coefficient (Wildman–Crippen LogP) is 15.4. The Bertz CT molecular complexity index is 1610. The van der Waals surface area contributed by atoms with Gasteiger partial charge in [0.1, 0.15) is 0 Å². The summed E-state index contributed by atoms with van der Waals surface area (Å²) in [5.41, 5.74) is 25.1. The van der Waals surface area contributed by atoms with E-state index in [1.54, 1.807) is 66.8 Å². The van der Waals surface area contributed by atoms with E-state index in [4.69, 9.17) is 0 Å². The van der Waals surface area contributed by atoms with E-state index in [9.17, 15) is 0 Å². The summed E-state index contributed by atoms with van der Waals surface area (Å²) in [5.74, 6) is 0. The van der Waals surface area contributed by atoms with Crippen molar-refractivity contribution in [1.29, 1.82) is 0 Å². The Labute approximate surface area is 345 Å². The van der Waals surface area contributed by atoms with Gasteiger partial charge in [0.15, 0.2) is 0 Å². The highest BCUT2D eigenvalue weighted by molar-refractivity contribution is 5.55. The molecule has 304 valence electrons. The molecule has 0 spiro atoms. The summed E-state index contributed by atoms with van der Waals surface area (Å²) >= 11 is 0. The summed E-state index contributed by atoms with van der Waals surface area (Å²) in [6.07, 6.45) is 13.1. The van der Waals surface area contributed by atoms with E-state index in [0.717, 1.165) is 77.0 Å². The summed E-state index contributed by atoms with van der Waals surface area (Å²) in [6.45, 7) is 38.5. The molecule has 0 fully saturated rings. The van der Waals surface area contributed by atoms with E-state index in [-0.39, 0.29) is 21.7 Å². The van der Waals surface area contributed by atoms with Crippen LogP contribution in [0.4, 0.5) is 0 Å². The van der Waals surface area contributed by atoms with Crippen LogP contribution in [0.2, 0.25) is 0 Å². The van der Waals surface area contributed by atoms with Crippen molar-refractivity contribution < 1.29 is 0 Å². The Kier molecular flexibility index (Phi) is 13.4. The van der Waals surface area contributed by atoms with Gasteiger partial charge < -0.3 is 0 Å². The van der Waals surface area contributed by atoms with Crippen molar-refractivity contribution in [2.45, 2.75) is 209 Å². The molecule has 0 aliphatic heterocycles. The van der Waals surface area contributed by atoms with Gasteiger partial charge >= 0.3 is 0 Å². The first-order valence-corrected chi connectivity index (χ1v) is 22.7. The fourth-order valence-electron chi connectivity index (χ4n) is 9.29. The first-order valence-electron chi connectivity index (χ1n) is 22.7. The summed E-state index contributed by atoms with van der Waals surface area (Å²) in [7, 11) is 0. The van der Waals surface area contributed by atoms with Gasteiger partial charge in [-0.05, 0) is 162 Å². The first kappa shape index (κ1) is 44.0. The Morgan fingerprint density at radius 2 is 0.429 bits per heavy atom. The van der Waals surface area contributed by atoms with Gasteiger partial charge in [0, 0.05) is 0 Å². The fraction of sp³-hybridized carbons (Fsp3) is 0.571. The summed E-state index contributed by atoms with van der Waals surface area (Å²) in [5, 5.41) is 0. The Morgan fingerprint density at radius 3 is 0.536 bits per heavy atom. The highest BCUT2D eigenvalue weighted by Crippen LogP contribution is 2.39. The van der Waals surface area contributed by atoms with Crippen LogP contribution < -0.4 is 0 Å². The number of fused-ring (bicyclic) bond motifs is 8. The molecule has 0 unspecified atom stereocenters. The molecule has 8 bridgehead atoms. The maximum atomic E-state index is 2.62. The number of rotatable bonds is 8. The van der Waals surface area contributed by atoms with E-state index in [2.05, 4.69) is 159 Å². The van der Waals surface area contributed by atoms with Crippen LogP contribution in [0.3, 0.4) is 0 Å². The molecule has 0 saturated heterocycles. The zero-order valence-electron chi connectivity index (χ0n) is 39.1. The van der Waals surface area contributed by atoms with Gasteiger partial charge in [0.2, 0.25) is 0 Å². The predicted molar refractivity (Wildman–Crippen MR) is 248 cm³/mol. The van der Waals surface area contributed by atoms with Crippen LogP contribution in [0.15, 0.2) is 48.5 Å².